The molecule has 1 aliphatic carbocycles. The molecular weight excluding hydrogens is 248 g/mol. The molecule has 20 heavy (non-hydrogen) atoms. The lowest BCUT2D eigenvalue weighted by molar-refractivity contribution is -0.105. The maximum absolute atomic E-state index is 11.4. The van der Waals surface area contributed by atoms with Gasteiger partial charge in [0.05, 0.1) is 7.11 Å². The number of hydrogen-bond donors (Lipinski definition) is 0. The standard InChI is InChI=1S/C18H16O2/c1-20-16-7-4-6-14(11-16)18-15(12-19)10-9-13-5-2-3-8-17(13)18/h2-8,11-12H,9-10H2,1H3. The van der Waals surface area contributed by atoms with Crippen molar-refractivity contribution in [3.8, 4) is 5.75 Å². The SMILES string of the molecule is COc1cccc(C2=C(C=O)CCc3ccccc32)c1. The second-order valence-corrected chi connectivity index (χ2v) is 4.91. The van der Waals surface area contributed by atoms with Gasteiger partial charge in [-0.05, 0) is 47.2 Å². The van der Waals surface area contributed by atoms with E-state index < -0.39 is 0 Å². The molecule has 0 aliphatic heterocycles. The smallest absolute Gasteiger partial charge is 0.146 e. The van der Waals surface area contributed by atoms with Crippen LogP contribution in [-0.2, 0) is 11.2 Å². The molecule has 0 radical (unpaired) electrons. The Morgan fingerprint density at radius 2 is 1.90 bits per heavy atom. The third-order valence-corrected chi connectivity index (χ3v) is 3.77. The van der Waals surface area contributed by atoms with Crippen molar-refractivity contribution in [1.82, 2.24) is 0 Å². The van der Waals surface area contributed by atoms with Gasteiger partial charge in [-0.15, -0.1) is 0 Å². The number of rotatable bonds is 3. The van der Waals surface area contributed by atoms with E-state index in [1.54, 1.807) is 7.11 Å². The van der Waals surface area contributed by atoms with Crippen molar-refractivity contribution in [1.29, 1.82) is 0 Å². The van der Waals surface area contributed by atoms with E-state index in [9.17, 15) is 4.79 Å². The van der Waals surface area contributed by atoms with E-state index in [4.69, 9.17) is 4.74 Å². The van der Waals surface area contributed by atoms with Crippen LogP contribution < -0.4 is 4.74 Å². The van der Waals surface area contributed by atoms with Crippen LogP contribution in [0.3, 0.4) is 0 Å². The Kier molecular flexibility index (Phi) is 3.38. The first-order chi connectivity index (χ1) is 9.83. The number of aryl methyl sites for hydroxylation is 1. The highest BCUT2D eigenvalue weighted by atomic mass is 16.5. The van der Waals surface area contributed by atoms with Gasteiger partial charge >= 0.3 is 0 Å². The lowest BCUT2D eigenvalue weighted by Crippen LogP contribution is -2.07. The van der Waals surface area contributed by atoms with Gasteiger partial charge in [0, 0.05) is 5.57 Å². The highest BCUT2D eigenvalue weighted by Gasteiger charge is 2.19. The van der Waals surface area contributed by atoms with Crippen LogP contribution in [0.2, 0.25) is 0 Å². The predicted octanol–water partition coefficient (Wildman–Crippen LogP) is 3.64. The van der Waals surface area contributed by atoms with Crippen molar-refractivity contribution >= 4 is 11.9 Å². The average Bonchev–Trinajstić information content (AvgIpc) is 2.53. The zero-order valence-corrected chi connectivity index (χ0v) is 11.4. The summed E-state index contributed by atoms with van der Waals surface area (Å²) in [5.74, 6) is 0.809. The van der Waals surface area contributed by atoms with Gasteiger partial charge in [-0.2, -0.15) is 0 Å². The zero-order chi connectivity index (χ0) is 13.9. The molecule has 1 aliphatic rings. The van der Waals surface area contributed by atoms with Crippen molar-refractivity contribution in [3.05, 3.63) is 70.8 Å². The number of hydrogen-bond acceptors (Lipinski definition) is 2. The third kappa shape index (κ3) is 2.14. The monoisotopic (exact) mass is 264 g/mol. The predicted molar refractivity (Wildman–Crippen MR) is 79.8 cm³/mol. The lowest BCUT2D eigenvalue weighted by atomic mass is 9.82. The molecule has 0 saturated carbocycles. The average molecular weight is 264 g/mol. The molecule has 0 fully saturated rings. The fourth-order valence-corrected chi connectivity index (χ4v) is 2.79. The van der Waals surface area contributed by atoms with Crippen molar-refractivity contribution in [2.45, 2.75) is 12.8 Å². The van der Waals surface area contributed by atoms with Gasteiger partial charge in [0.2, 0.25) is 0 Å². The van der Waals surface area contributed by atoms with Gasteiger partial charge in [-0.1, -0.05) is 36.4 Å². The highest BCUT2D eigenvalue weighted by Crippen LogP contribution is 2.36. The first-order valence-electron chi connectivity index (χ1n) is 6.74. The Labute approximate surface area is 118 Å². The minimum atomic E-state index is 0.799. The number of ether oxygens (including phenoxy) is 1. The van der Waals surface area contributed by atoms with E-state index in [2.05, 4.69) is 12.1 Å². The fourth-order valence-electron chi connectivity index (χ4n) is 2.79. The summed E-state index contributed by atoms with van der Waals surface area (Å²) in [6.45, 7) is 0. The quantitative estimate of drug-likeness (QED) is 0.791. The molecule has 2 nitrogen and oxygen atoms in total. The van der Waals surface area contributed by atoms with Crippen LogP contribution in [0.25, 0.3) is 5.57 Å². The van der Waals surface area contributed by atoms with Crippen LogP contribution in [0, 0.1) is 0 Å². The minimum Gasteiger partial charge on any atom is -0.497 e. The number of aldehydes is 1. The normalized spacial score (nSPS) is 13.8. The largest absolute Gasteiger partial charge is 0.497 e. The Balaban J connectivity index is 2.21. The summed E-state index contributed by atoms with van der Waals surface area (Å²) in [5, 5.41) is 0. The van der Waals surface area contributed by atoms with Crippen molar-refractivity contribution in [2.24, 2.45) is 0 Å². The van der Waals surface area contributed by atoms with E-state index >= 15 is 0 Å². The summed E-state index contributed by atoms with van der Waals surface area (Å²) in [6.07, 6.45) is 2.72. The van der Waals surface area contributed by atoms with Crippen LogP contribution >= 0.6 is 0 Å². The Morgan fingerprint density at radius 1 is 1.05 bits per heavy atom. The van der Waals surface area contributed by atoms with Gasteiger partial charge in [0.1, 0.15) is 12.0 Å². The molecule has 3 rings (SSSR count). The molecule has 0 unspecified atom stereocenters. The van der Waals surface area contributed by atoms with Crippen molar-refractivity contribution in [3.63, 3.8) is 0 Å². The first kappa shape index (κ1) is 12.7. The van der Waals surface area contributed by atoms with Gasteiger partial charge in [0.25, 0.3) is 0 Å². The van der Waals surface area contributed by atoms with Crippen molar-refractivity contribution < 1.29 is 9.53 Å². The molecule has 0 bridgehead atoms. The van der Waals surface area contributed by atoms with Gasteiger partial charge in [0.15, 0.2) is 0 Å². The van der Waals surface area contributed by atoms with E-state index in [-0.39, 0.29) is 0 Å². The molecule has 0 saturated heterocycles. The van der Waals surface area contributed by atoms with E-state index in [1.807, 2.05) is 36.4 Å². The fraction of sp³-hybridized carbons (Fsp3) is 0.167. The summed E-state index contributed by atoms with van der Waals surface area (Å²) in [6, 6.07) is 16.2. The summed E-state index contributed by atoms with van der Waals surface area (Å²) in [5.41, 5.74) is 5.42. The molecule has 100 valence electrons. The number of carbonyl (C=O) groups is 1. The highest BCUT2D eigenvalue weighted by molar-refractivity contribution is 5.96. The van der Waals surface area contributed by atoms with E-state index in [0.717, 1.165) is 47.2 Å². The summed E-state index contributed by atoms with van der Waals surface area (Å²) in [4.78, 5) is 11.4. The van der Waals surface area contributed by atoms with Crippen LogP contribution in [0.1, 0.15) is 23.1 Å². The van der Waals surface area contributed by atoms with Gasteiger partial charge in [-0.25, -0.2) is 0 Å². The molecule has 0 atom stereocenters. The van der Waals surface area contributed by atoms with Crippen LogP contribution in [0.5, 0.6) is 5.75 Å². The number of fused-ring (bicyclic) bond motifs is 1. The van der Waals surface area contributed by atoms with Crippen molar-refractivity contribution in [2.75, 3.05) is 7.11 Å². The van der Waals surface area contributed by atoms with E-state index in [1.165, 1.54) is 5.56 Å². The number of allylic oxidation sites excluding steroid dienone is 1. The zero-order valence-electron chi connectivity index (χ0n) is 11.4. The maximum Gasteiger partial charge on any atom is 0.146 e. The number of carbonyl (C=O) groups excluding carboxylic acids is 1. The molecule has 2 aromatic rings. The topological polar surface area (TPSA) is 26.3 Å². The molecule has 0 heterocycles. The Bertz CT molecular complexity index is 683. The van der Waals surface area contributed by atoms with Gasteiger partial charge < -0.3 is 4.74 Å². The molecule has 0 N–H and O–H groups in total. The molecular formula is C18H16O2. The molecule has 0 spiro atoms. The summed E-state index contributed by atoms with van der Waals surface area (Å²) < 4.78 is 5.29. The third-order valence-electron chi connectivity index (χ3n) is 3.77. The molecule has 2 heteroatoms. The van der Waals surface area contributed by atoms with Crippen LogP contribution in [-0.4, -0.2) is 13.4 Å². The maximum atomic E-state index is 11.4. The summed E-state index contributed by atoms with van der Waals surface area (Å²) in [7, 11) is 1.66. The minimum absolute atomic E-state index is 0.799. The Hall–Kier alpha value is -2.35. The van der Waals surface area contributed by atoms with Gasteiger partial charge in [-0.3, -0.25) is 4.79 Å². The Morgan fingerprint density at radius 3 is 2.70 bits per heavy atom. The number of methoxy groups -OCH3 is 1. The molecule has 2 aromatic carbocycles. The lowest BCUT2D eigenvalue weighted by Gasteiger charge is -2.21. The molecule has 0 amide bonds. The second kappa shape index (κ2) is 5.33. The second-order valence-electron chi connectivity index (χ2n) is 4.91. The number of benzene rings is 2. The van der Waals surface area contributed by atoms with E-state index in [0.29, 0.717) is 0 Å². The van der Waals surface area contributed by atoms with Crippen LogP contribution in [0.15, 0.2) is 54.1 Å². The molecule has 0 aromatic heterocycles. The van der Waals surface area contributed by atoms with Crippen LogP contribution in [0.4, 0.5) is 0 Å². The summed E-state index contributed by atoms with van der Waals surface area (Å²) >= 11 is 0. The first-order valence-corrected chi connectivity index (χ1v) is 6.74.